The Kier molecular flexibility index (Phi) is 0.892. The molecule has 3 heteroatoms. The maximum Gasteiger partial charge on any atom is 0.264 e. The molecule has 7 heavy (non-hydrogen) atoms. The average molecular weight is 91.9 g/mol. The van der Waals surface area contributed by atoms with Gasteiger partial charge in [-0.05, 0) is 13.0 Å². The minimum atomic E-state index is 0.972. The van der Waals surface area contributed by atoms with Crippen LogP contribution in [0.25, 0.3) is 0 Å². The maximum absolute atomic E-state index is 5.25. The number of rotatable bonds is 0. The van der Waals surface area contributed by atoms with Crippen LogP contribution in [0.2, 0.25) is 0 Å². The first-order chi connectivity index (χ1) is 3.30. The van der Waals surface area contributed by atoms with Crippen LogP contribution in [0.5, 0.6) is 0 Å². The lowest BCUT2D eigenvalue weighted by atomic mass is 10.4. The van der Waals surface area contributed by atoms with Crippen molar-refractivity contribution in [1.29, 1.82) is 0 Å². The minimum Gasteiger partial charge on any atom is -0.328 e. The van der Waals surface area contributed by atoms with Gasteiger partial charge in [-0.25, -0.2) is 0 Å². The smallest absolute Gasteiger partial charge is 0.264 e. The highest BCUT2D eigenvalue weighted by molar-refractivity contribution is 6.06. The van der Waals surface area contributed by atoms with E-state index in [0.29, 0.717) is 0 Å². The van der Waals surface area contributed by atoms with Crippen LogP contribution in [-0.4, -0.2) is 17.7 Å². The molecule has 1 rings (SSSR count). The van der Waals surface area contributed by atoms with Crippen LogP contribution >= 0.6 is 0 Å². The largest absolute Gasteiger partial charge is 0.328 e. The third-order valence-corrected chi connectivity index (χ3v) is 0.868. The number of aromatic nitrogens is 2. The van der Waals surface area contributed by atoms with Crippen molar-refractivity contribution in [2.75, 3.05) is 0 Å². The first kappa shape index (κ1) is 4.43. The molecular formula is C4H5BN2. The number of hydrogen-bond donors (Lipinski definition) is 0. The van der Waals surface area contributed by atoms with E-state index in [2.05, 4.69) is 5.10 Å². The summed E-state index contributed by atoms with van der Waals surface area (Å²) in [5.41, 5.74) is 0.972. The Morgan fingerprint density at radius 3 is 2.71 bits per heavy atom. The summed E-state index contributed by atoms with van der Waals surface area (Å²) < 4.78 is 1.33. The highest BCUT2D eigenvalue weighted by Crippen LogP contribution is 1.88. The molecular weight excluding hydrogens is 86.9 g/mol. The molecule has 0 atom stereocenters. The Labute approximate surface area is 43.6 Å². The summed E-state index contributed by atoms with van der Waals surface area (Å²) in [7, 11) is 5.25. The van der Waals surface area contributed by atoms with E-state index in [4.69, 9.17) is 7.98 Å². The molecule has 0 amide bonds. The Bertz CT molecular complexity index is 142. The van der Waals surface area contributed by atoms with Gasteiger partial charge in [-0.1, -0.05) is 0 Å². The highest BCUT2D eigenvalue weighted by Gasteiger charge is 1.83. The zero-order valence-corrected chi connectivity index (χ0v) is 4.13. The quantitative estimate of drug-likeness (QED) is 0.415. The van der Waals surface area contributed by atoms with Gasteiger partial charge < -0.3 is 4.59 Å². The second kappa shape index (κ2) is 1.41. The first-order valence-electron chi connectivity index (χ1n) is 2.06. The van der Waals surface area contributed by atoms with E-state index in [1.807, 2.05) is 13.0 Å². The van der Waals surface area contributed by atoms with Crippen LogP contribution < -0.4 is 0 Å². The molecule has 1 aromatic rings. The van der Waals surface area contributed by atoms with Gasteiger partial charge in [0.2, 0.25) is 0 Å². The average Bonchev–Trinajstić information content (AvgIpc) is 1.91. The van der Waals surface area contributed by atoms with Gasteiger partial charge in [0.15, 0.2) is 0 Å². The number of hydrogen-bond acceptors (Lipinski definition) is 1. The zero-order chi connectivity index (χ0) is 5.28. The van der Waals surface area contributed by atoms with Crippen molar-refractivity contribution in [2.45, 2.75) is 6.92 Å². The van der Waals surface area contributed by atoms with Gasteiger partial charge in [-0.15, -0.1) is 0 Å². The van der Waals surface area contributed by atoms with Crippen molar-refractivity contribution in [3.05, 3.63) is 18.0 Å². The van der Waals surface area contributed by atoms with Crippen molar-refractivity contribution in [3.63, 3.8) is 0 Å². The molecule has 0 aromatic carbocycles. The van der Waals surface area contributed by atoms with Gasteiger partial charge in [-0.3, -0.25) is 0 Å². The molecule has 0 aliphatic rings. The molecule has 0 aliphatic carbocycles. The lowest BCUT2D eigenvalue weighted by Crippen LogP contribution is -1.94. The number of nitrogens with zero attached hydrogens (tertiary/aromatic N) is 2. The van der Waals surface area contributed by atoms with Gasteiger partial charge >= 0.3 is 0 Å². The summed E-state index contributed by atoms with van der Waals surface area (Å²) in [5.74, 6) is 0. The molecule has 0 spiro atoms. The van der Waals surface area contributed by atoms with E-state index >= 15 is 0 Å². The summed E-state index contributed by atoms with van der Waals surface area (Å²) >= 11 is 0. The first-order valence-corrected chi connectivity index (χ1v) is 2.06. The Balaban J connectivity index is 3.12. The molecule has 2 nitrogen and oxygen atoms in total. The number of aryl methyl sites for hydroxylation is 1. The normalized spacial score (nSPS) is 9.29. The van der Waals surface area contributed by atoms with Crippen molar-refractivity contribution in [1.82, 2.24) is 9.69 Å². The Morgan fingerprint density at radius 2 is 2.57 bits per heavy atom. The summed E-state index contributed by atoms with van der Waals surface area (Å²) in [6.45, 7) is 1.90. The minimum absolute atomic E-state index is 0.972. The highest BCUT2D eigenvalue weighted by atomic mass is 15.2. The van der Waals surface area contributed by atoms with E-state index in [0.717, 1.165) is 5.69 Å². The fraction of sp³-hybridized carbons (Fsp3) is 0.250. The van der Waals surface area contributed by atoms with E-state index in [-0.39, 0.29) is 0 Å². The predicted molar refractivity (Wildman–Crippen MR) is 28.1 cm³/mol. The van der Waals surface area contributed by atoms with E-state index in [9.17, 15) is 0 Å². The van der Waals surface area contributed by atoms with Gasteiger partial charge in [-0.2, -0.15) is 5.10 Å². The van der Waals surface area contributed by atoms with Crippen LogP contribution in [0, 0.1) is 6.92 Å². The molecule has 2 radical (unpaired) electrons. The monoisotopic (exact) mass is 92.1 g/mol. The van der Waals surface area contributed by atoms with Gasteiger partial charge in [0.25, 0.3) is 7.98 Å². The molecule has 0 bridgehead atoms. The van der Waals surface area contributed by atoms with E-state index < -0.39 is 0 Å². The fourth-order valence-corrected chi connectivity index (χ4v) is 0.380. The van der Waals surface area contributed by atoms with Crippen LogP contribution in [0.15, 0.2) is 12.3 Å². The third kappa shape index (κ3) is 0.658. The zero-order valence-electron chi connectivity index (χ0n) is 4.13. The third-order valence-electron chi connectivity index (χ3n) is 0.868. The molecule has 1 aromatic heterocycles. The van der Waals surface area contributed by atoms with Crippen molar-refractivity contribution >= 4 is 7.98 Å². The molecule has 34 valence electrons. The van der Waals surface area contributed by atoms with Crippen LogP contribution in [0.1, 0.15) is 5.69 Å². The van der Waals surface area contributed by atoms with E-state index in [1.54, 1.807) is 6.20 Å². The van der Waals surface area contributed by atoms with Crippen LogP contribution in [0.3, 0.4) is 0 Å². The molecule has 0 saturated heterocycles. The van der Waals surface area contributed by atoms with Gasteiger partial charge in [0.1, 0.15) is 0 Å². The summed E-state index contributed by atoms with van der Waals surface area (Å²) in [6, 6.07) is 1.85. The molecule has 0 saturated carbocycles. The standard InChI is InChI=1S/C4H5BN2/c1-4-2-3-6-7(4)5/h2-3H,1H3. The second-order valence-corrected chi connectivity index (χ2v) is 1.42. The summed E-state index contributed by atoms with van der Waals surface area (Å²) in [5, 5.41) is 3.71. The molecule has 1 heterocycles. The molecule has 0 unspecified atom stereocenters. The topological polar surface area (TPSA) is 17.8 Å². The van der Waals surface area contributed by atoms with Gasteiger partial charge in [0, 0.05) is 11.9 Å². The second-order valence-electron chi connectivity index (χ2n) is 1.42. The summed E-state index contributed by atoms with van der Waals surface area (Å²) in [6.07, 6.45) is 1.66. The fourth-order valence-electron chi connectivity index (χ4n) is 0.380. The lowest BCUT2D eigenvalue weighted by Gasteiger charge is -1.87. The molecule has 0 aliphatic heterocycles. The SMILES string of the molecule is [B]n1nccc1C. The van der Waals surface area contributed by atoms with E-state index in [1.165, 1.54) is 4.59 Å². The Morgan fingerprint density at radius 1 is 1.86 bits per heavy atom. The van der Waals surface area contributed by atoms with Crippen molar-refractivity contribution in [3.8, 4) is 0 Å². The van der Waals surface area contributed by atoms with Gasteiger partial charge in [0.05, 0.1) is 0 Å². The predicted octanol–water partition coefficient (Wildman–Crippen LogP) is 0.123. The van der Waals surface area contributed by atoms with Crippen LogP contribution in [-0.2, 0) is 0 Å². The molecule has 0 fully saturated rings. The van der Waals surface area contributed by atoms with Crippen molar-refractivity contribution < 1.29 is 0 Å². The van der Waals surface area contributed by atoms with Crippen molar-refractivity contribution in [2.24, 2.45) is 0 Å². The molecule has 0 N–H and O–H groups in total. The summed E-state index contributed by atoms with van der Waals surface area (Å²) in [4.78, 5) is 0. The maximum atomic E-state index is 5.25. The lowest BCUT2D eigenvalue weighted by molar-refractivity contribution is 0.951. The van der Waals surface area contributed by atoms with Crippen LogP contribution in [0.4, 0.5) is 0 Å². The Hall–Kier alpha value is -0.725.